The highest BCUT2D eigenvalue weighted by atomic mass is 16.5. The van der Waals surface area contributed by atoms with E-state index in [-0.39, 0.29) is 0 Å². The van der Waals surface area contributed by atoms with Crippen LogP contribution in [-0.2, 0) is 6.54 Å². The van der Waals surface area contributed by atoms with E-state index < -0.39 is 0 Å². The predicted octanol–water partition coefficient (Wildman–Crippen LogP) is 3.34. The minimum atomic E-state index is 0.552. The van der Waals surface area contributed by atoms with Crippen LogP contribution in [0, 0.1) is 0 Å². The van der Waals surface area contributed by atoms with Gasteiger partial charge in [0, 0.05) is 6.54 Å². The molecule has 2 aromatic carbocycles. The Morgan fingerprint density at radius 1 is 0.818 bits per heavy atom. The summed E-state index contributed by atoms with van der Waals surface area (Å²) in [7, 11) is 4.81. The number of nitrogens with two attached hydrogens (primary N) is 1. The highest BCUT2D eigenvalue weighted by Gasteiger charge is 2.11. The molecule has 0 saturated carbocycles. The lowest BCUT2D eigenvalue weighted by Crippen LogP contribution is -1.95. The van der Waals surface area contributed by atoms with Crippen molar-refractivity contribution in [2.24, 2.45) is 5.73 Å². The fourth-order valence-corrected chi connectivity index (χ4v) is 2.15. The van der Waals surface area contributed by atoms with E-state index in [4.69, 9.17) is 19.9 Å². The van der Waals surface area contributed by atoms with Gasteiger partial charge in [0.05, 0.1) is 21.3 Å². The first-order valence-electron chi connectivity index (χ1n) is 6.99. The van der Waals surface area contributed by atoms with Gasteiger partial charge in [-0.25, -0.2) is 0 Å². The lowest BCUT2D eigenvalue weighted by atomic mass is 10.1. The molecule has 22 heavy (non-hydrogen) atoms. The number of benzene rings is 2. The van der Waals surface area contributed by atoms with E-state index in [9.17, 15) is 0 Å². The van der Waals surface area contributed by atoms with Crippen LogP contribution in [-0.4, -0.2) is 21.3 Å². The van der Waals surface area contributed by atoms with Crippen molar-refractivity contribution in [2.45, 2.75) is 6.54 Å². The molecule has 0 aliphatic rings. The van der Waals surface area contributed by atoms with Gasteiger partial charge < -0.3 is 19.9 Å². The first-order valence-corrected chi connectivity index (χ1v) is 6.99. The Bertz CT molecular complexity index is 623. The van der Waals surface area contributed by atoms with E-state index in [2.05, 4.69) is 0 Å². The molecule has 2 N–H and O–H groups in total. The number of ether oxygens (including phenoxy) is 3. The number of methoxy groups -OCH3 is 3. The summed E-state index contributed by atoms with van der Waals surface area (Å²) in [5.41, 5.74) is 8.79. The van der Waals surface area contributed by atoms with Gasteiger partial charge in [0.15, 0.2) is 11.5 Å². The van der Waals surface area contributed by atoms with Gasteiger partial charge in [0.25, 0.3) is 0 Å². The van der Waals surface area contributed by atoms with Gasteiger partial charge in [-0.2, -0.15) is 0 Å². The molecule has 0 heterocycles. The van der Waals surface area contributed by atoms with E-state index in [0.29, 0.717) is 23.8 Å². The molecule has 0 aliphatic heterocycles. The molecular formula is C18H21NO3. The Balaban J connectivity index is 2.29. The van der Waals surface area contributed by atoms with Crippen LogP contribution < -0.4 is 19.9 Å². The highest BCUT2D eigenvalue weighted by Crippen LogP contribution is 2.38. The van der Waals surface area contributed by atoms with E-state index >= 15 is 0 Å². The normalized spacial score (nSPS) is 10.7. The molecule has 4 heteroatoms. The quantitative estimate of drug-likeness (QED) is 0.831. The van der Waals surface area contributed by atoms with Crippen molar-refractivity contribution in [3.05, 3.63) is 53.1 Å². The van der Waals surface area contributed by atoms with Crippen molar-refractivity contribution in [3.63, 3.8) is 0 Å². The molecule has 0 aliphatic carbocycles. The predicted molar refractivity (Wildman–Crippen MR) is 89.4 cm³/mol. The summed E-state index contributed by atoms with van der Waals surface area (Å²) in [6.45, 7) is 0.552. The molecule has 0 amide bonds. The molecule has 4 nitrogen and oxygen atoms in total. The summed E-state index contributed by atoms with van der Waals surface area (Å²) < 4.78 is 16.0. The zero-order valence-electron chi connectivity index (χ0n) is 13.1. The Morgan fingerprint density at radius 3 is 1.82 bits per heavy atom. The molecule has 2 rings (SSSR count). The zero-order valence-corrected chi connectivity index (χ0v) is 13.1. The monoisotopic (exact) mass is 299 g/mol. The van der Waals surface area contributed by atoms with Crippen molar-refractivity contribution >= 4 is 12.2 Å². The van der Waals surface area contributed by atoms with Crippen LogP contribution in [0.3, 0.4) is 0 Å². The second-order valence-corrected chi connectivity index (χ2v) is 4.74. The fraction of sp³-hybridized carbons (Fsp3) is 0.222. The Kier molecular flexibility index (Phi) is 5.44. The van der Waals surface area contributed by atoms with Crippen LogP contribution in [0.4, 0.5) is 0 Å². The number of hydrogen-bond acceptors (Lipinski definition) is 4. The van der Waals surface area contributed by atoms with Gasteiger partial charge in [-0.15, -0.1) is 0 Å². The minimum absolute atomic E-state index is 0.552. The lowest BCUT2D eigenvalue weighted by Gasteiger charge is -2.12. The third-order valence-electron chi connectivity index (χ3n) is 3.37. The Labute approximate surface area is 131 Å². The summed E-state index contributed by atoms with van der Waals surface area (Å²) in [6, 6.07) is 11.9. The minimum Gasteiger partial charge on any atom is -0.493 e. The SMILES string of the molecule is COc1cc(/C=C/c2ccc(CN)cc2)cc(OC)c1OC. The van der Waals surface area contributed by atoms with E-state index in [1.54, 1.807) is 21.3 Å². The second kappa shape index (κ2) is 7.52. The second-order valence-electron chi connectivity index (χ2n) is 4.74. The molecule has 0 fully saturated rings. The van der Waals surface area contributed by atoms with E-state index in [0.717, 1.165) is 16.7 Å². The van der Waals surface area contributed by atoms with Crippen LogP contribution in [0.5, 0.6) is 17.2 Å². The van der Waals surface area contributed by atoms with Gasteiger partial charge in [-0.05, 0) is 28.8 Å². The molecule has 0 radical (unpaired) electrons. The molecule has 2 aromatic rings. The van der Waals surface area contributed by atoms with Crippen LogP contribution in [0.15, 0.2) is 36.4 Å². The summed E-state index contributed by atoms with van der Waals surface area (Å²) in [5, 5.41) is 0. The first kappa shape index (κ1) is 15.9. The van der Waals surface area contributed by atoms with Gasteiger partial charge in [-0.1, -0.05) is 36.4 Å². The average molecular weight is 299 g/mol. The van der Waals surface area contributed by atoms with Crippen molar-refractivity contribution in [2.75, 3.05) is 21.3 Å². The number of rotatable bonds is 6. The molecule has 0 spiro atoms. The maximum Gasteiger partial charge on any atom is 0.203 e. The molecule has 0 saturated heterocycles. The molecule has 0 unspecified atom stereocenters. The average Bonchev–Trinajstić information content (AvgIpc) is 2.59. The smallest absolute Gasteiger partial charge is 0.203 e. The zero-order chi connectivity index (χ0) is 15.9. The van der Waals surface area contributed by atoms with Crippen LogP contribution in [0.25, 0.3) is 12.2 Å². The molecule has 0 atom stereocenters. The van der Waals surface area contributed by atoms with Gasteiger partial charge in [-0.3, -0.25) is 0 Å². The largest absolute Gasteiger partial charge is 0.493 e. The molecule has 0 bridgehead atoms. The maximum absolute atomic E-state index is 5.60. The third-order valence-corrected chi connectivity index (χ3v) is 3.37. The van der Waals surface area contributed by atoms with Crippen molar-refractivity contribution in [1.29, 1.82) is 0 Å². The molecule has 0 aromatic heterocycles. The van der Waals surface area contributed by atoms with E-state index in [1.165, 1.54) is 0 Å². The van der Waals surface area contributed by atoms with Crippen LogP contribution >= 0.6 is 0 Å². The van der Waals surface area contributed by atoms with Crippen molar-refractivity contribution in [3.8, 4) is 17.2 Å². The summed E-state index contributed by atoms with van der Waals surface area (Å²) in [6.07, 6.45) is 4.03. The highest BCUT2D eigenvalue weighted by molar-refractivity contribution is 5.72. The summed E-state index contributed by atoms with van der Waals surface area (Å²) in [4.78, 5) is 0. The lowest BCUT2D eigenvalue weighted by molar-refractivity contribution is 0.324. The van der Waals surface area contributed by atoms with Gasteiger partial charge in [0.2, 0.25) is 5.75 Å². The van der Waals surface area contributed by atoms with E-state index in [1.807, 2.05) is 48.6 Å². The molecular weight excluding hydrogens is 278 g/mol. The number of hydrogen-bond donors (Lipinski definition) is 1. The summed E-state index contributed by atoms with van der Waals surface area (Å²) >= 11 is 0. The third kappa shape index (κ3) is 3.59. The van der Waals surface area contributed by atoms with Crippen LogP contribution in [0.2, 0.25) is 0 Å². The van der Waals surface area contributed by atoms with Gasteiger partial charge in [0.1, 0.15) is 0 Å². The topological polar surface area (TPSA) is 53.7 Å². The first-order chi connectivity index (χ1) is 10.7. The maximum atomic E-state index is 5.60. The summed E-state index contributed by atoms with van der Waals surface area (Å²) in [5.74, 6) is 1.87. The Hall–Kier alpha value is -2.46. The Morgan fingerprint density at radius 2 is 1.36 bits per heavy atom. The van der Waals surface area contributed by atoms with Gasteiger partial charge >= 0.3 is 0 Å². The van der Waals surface area contributed by atoms with Crippen molar-refractivity contribution < 1.29 is 14.2 Å². The van der Waals surface area contributed by atoms with Crippen molar-refractivity contribution in [1.82, 2.24) is 0 Å². The van der Waals surface area contributed by atoms with Crippen LogP contribution in [0.1, 0.15) is 16.7 Å². The standard InChI is InChI=1S/C18H21NO3/c1-20-16-10-15(11-17(21-2)18(16)22-3)9-6-13-4-7-14(12-19)8-5-13/h4-11H,12,19H2,1-3H3/b9-6+. The molecule has 116 valence electrons. The fourth-order valence-electron chi connectivity index (χ4n) is 2.15.